The Morgan fingerprint density at radius 2 is 0.597 bits per heavy atom. The van der Waals surface area contributed by atoms with Crippen molar-refractivity contribution in [3.8, 4) is 0 Å². The van der Waals surface area contributed by atoms with E-state index < -0.39 is 6.10 Å². The Balaban J connectivity index is 3.57. The van der Waals surface area contributed by atoms with Crippen LogP contribution in [0.1, 0.15) is 284 Å². The minimum Gasteiger partial charge on any atom is -0.462 e. The molecular formula is C67H114O5. The molecule has 5 heteroatoms. The number of ether oxygens (including phenoxy) is 2. The Bertz CT molecular complexity index is 1410. The molecule has 0 aromatic rings. The maximum Gasteiger partial charge on any atom is 0.306 e. The second-order valence-corrected chi connectivity index (χ2v) is 20.1. The highest BCUT2D eigenvalue weighted by atomic mass is 16.6. The number of hydrogen-bond donors (Lipinski definition) is 1. The van der Waals surface area contributed by atoms with E-state index in [2.05, 4.69) is 123 Å². The molecule has 0 heterocycles. The van der Waals surface area contributed by atoms with E-state index >= 15 is 0 Å². The highest BCUT2D eigenvalue weighted by Crippen LogP contribution is 2.17. The molecule has 1 atom stereocenters. The second kappa shape index (κ2) is 61.9. The number of esters is 2. The average Bonchev–Trinajstić information content (AvgIpc) is 3.38. The molecule has 5 nitrogen and oxygen atoms in total. The summed E-state index contributed by atoms with van der Waals surface area (Å²) < 4.78 is 10.7. The first-order chi connectivity index (χ1) is 35.6. The molecule has 0 rings (SSSR count). The second-order valence-electron chi connectivity index (χ2n) is 20.1. The lowest BCUT2D eigenvalue weighted by molar-refractivity contribution is -0.161. The molecule has 0 radical (unpaired) electrons. The summed E-state index contributed by atoms with van der Waals surface area (Å²) in [5.41, 5.74) is 0. The van der Waals surface area contributed by atoms with Crippen LogP contribution in [0, 0.1) is 0 Å². The Kier molecular flexibility index (Phi) is 58.9. The largest absolute Gasteiger partial charge is 0.462 e. The van der Waals surface area contributed by atoms with E-state index in [-0.39, 0.29) is 25.2 Å². The number of unbranched alkanes of at least 4 members (excludes halogenated alkanes) is 29. The molecular weight excluding hydrogens is 885 g/mol. The van der Waals surface area contributed by atoms with Crippen molar-refractivity contribution >= 4 is 11.9 Å². The van der Waals surface area contributed by atoms with Crippen LogP contribution in [0.5, 0.6) is 0 Å². The van der Waals surface area contributed by atoms with Gasteiger partial charge in [-0.2, -0.15) is 0 Å². The molecule has 0 saturated heterocycles. The number of allylic oxidation sites excluding steroid dienone is 18. The van der Waals surface area contributed by atoms with Crippen molar-refractivity contribution in [2.24, 2.45) is 0 Å². The van der Waals surface area contributed by atoms with Gasteiger partial charge in [0.15, 0.2) is 6.10 Å². The Labute approximate surface area is 446 Å². The van der Waals surface area contributed by atoms with Gasteiger partial charge in [0.25, 0.3) is 0 Å². The predicted octanol–water partition coefficient (Wildman–Crippen LogP) is 20.9. The standard InChI is InChI=1S/C67H114O5/c1-3-5-7-9-11-13-15-17-19-21-23-25-27-29-31-32-33-34-36-38-40-42-44-46-48-50-52-54-56-58-60-62-67(70)72-65(63-68)64-71-66(69)61-59-57-55-53-51-49-47-45-43-41-39-37-35-30-28-26-24-22-20-18-16-14-12-10-8-6-4-2/h5,7,11,13,17,19,23,25,29,31,33-34,38,40,44,46,50,52,65,68H,3-4,6,8-10,12,14-16,18,20-22,24,26-28,30,32,35-37,39,41-43,45,47-49,51,53-64H2,1-2H3/b7-5-,13-11-,19-17-,25-23-,31-29-,34-33-,40-38-,46-44-,52-50-. The van der Waals surface area contributed by atoms with Crippen LogP contribution in [0.15, 0.2) is 109 Å². The highest BCUT2D eigenvalue weighted by Gasteiger charge is 2.16. The molecule has 1 unspecified atom stereocenters. The molecule has 0 aliphatic carbocycles. The van der Waals surface area contributed by atoms with Gasteiger partial charge in [0.2, 0.25) is 0 Å². The van der Waals surface area contributed by atoms with E-state index in [1.165, 1.54) is 154 Å². The summed E-state index contributed by atoms with van der Waals surface area (Å²) in [4.78, 5) is 24.6. The third kappa shape index (κ3) is 59.1. The molecule has 0 aliphatic rings. The molecule has 0 aliphatic heterocycles. The minimum absolute atomic E-state index is 0.0829. The van der Waals surface area contributed by atoms with Crippen molar-refractivity contribution in [3.63, 3.8) is 0 Å². The van der Waals surface area contributed by atoms with Gasteiger partial charge in [-0.15, -0.1) is 0 Å². The topological polar surface area (TPSA) is 72.8 Å². The lowest BCUT2D eigenvalue weighted by atomic mass is 10.0. The number of aliphatic hydroxyl groups is 1. The van der Waals surface area contributed by atoms with Gasteiger partial charge < -0.3 is 14.6 Å². The van der Waals surface area contributed by atoms with E-state index in [0.29, 0.717) is 12.8 Å². The fourth-order valence-corrected chi connectivity index (χ4v) is 8.55. The molecule has 412 valence electrons. The number of carbonyl (C=O) groups is 2. The van der Waals surface area contributed by atoms with Gasteiger partial charge in [0.1, 0.15) is 6.61 Å². The molecule has 0 amide bonds. The van der Waals surface area contributed by atoms with E-state index in [1.807, 2.05) is 0 Å². The van der Waals surface area contributed by atoms with Gasteiger partial charge in [-0.1, -0.05) is 297 Å². The highest BCUT2D eigenvalue weighted by molar-refractivity contribution is 5.70. The summed E-state index contributed by atoms with van der Waals surface area (Å²) in [7, 11) is 0. The predicted molar refractivity (Wildman–Crippen MR) is 315 cm³/mol. The molecule has 0 spiro atoms. The first-order valence-electron chi connectivity index (χ1n) is 30.4. The zero-order valence-electron chi connectivity index (χ0n) is 47.2. The number of aliphatic hydroxyl groups excluding tert-OH is 1. The SMILES string of the molecule is CC/C=C\C/C=C\C/C=C\C/C=C\C/C=C\C/C=C\C/C=C\C/C=C\C/C=C\CCCCCC(=O)OC(CO)COC(=O)CCCCCCCCCCCCCCCCCCCCCCCCCCCCC. The summed E-state index contributed by atoms with van der Waals surface area (Å²) >= 11 is 0. The van der Waals surface area contributed by atoms with Crippen LogP contribution in [-0.2, 0) is 19.1 Å². The van der Waals surface area contributed by atoms with Gasteiger partial charge in [-0.3, -0.25) is 9.59 Å². The first-order valence-corrected chi connectivity index (χ1v) is 30.4. The third-order valence-corrected chi connectivity index (χ3v) is 13.1. The number of rotatable bonds is 55. The third-order valence-electron chi connectivity index (χ3n) is 13.1. The van der Waals surface area contributed by atoms with Gasteiger partial charge >= 0.3 is 11.9 Å². The normalized spacial score (nSPS) is 13.0. The van der Waals surface area contributed by atoms with E-state index in [4.69, 9.17) is 9.47 Å². The summed E-state index contributed by atoms with van der Waals surface area (Å²) in [6.45, 7) is 4.03. The van der Waals surface area contributed by atoms with Crippen molar-refractivity contribution in [1.82, 2.24) is 0 Å². The summed E-state index contributed by atoms with van der Waals surface area (Å²) in [6.07, 6.45) is 89.3. The van der Waals surface area contributed by atoms with Crippen LogP contribution in [0.4, 0.5) is 0 Å². The van der Waals surface area contributed by atoms with Crippen LogP contribution in [-0.4, -0.2) is 36.4 Å². The van der Waals surface area contributed by atoms with Crippen molar-refractivity contribution in [3.05, 3.63) is 109 Å². The monoisotopic (exact) mass is 999 g/mol. The van der Waals surface area contributed by atoms with E-state index in [9.17, 15) is 14.7 Å². The maximum atomic E-state index is 12.3. The Morgan fingerprint density at radius 3 is 0.903 bits per heavy atom. The fourth-order valence-electron chi connectivity index (χ4n) is 8.55. The van der Waals surface area contributed by atoms with Crippen LogP contribution < -0.4 is 0 Å². The van der Waals surface area contributed by atoms with Gasteiger partial charge in [0.05, 0.1) is 6.61 Å². The van der Waals surface area contributed by atoms with Gasteiger partial charge in [0, 0.05) is 12.8 Å². The molecule has 0 aromatic heterocycles. The van der Waals surface area contributed by atoms with Crippen LogP contribution in [0.2, 0.25) is 0 Å². The molecule has 0 fully saturated rings. The van der Waals surface area contributed by atoms with Crippen molar-refractivity contribution in [2.75, 3.05) is 13.2 Å². The lowest BCUT2D eigenvalue weighted by Gasteiger charge is -2.15. The summed E-state index contributed by atoms with van der Waals surface area (Å²) in [6, 6.07) is 0. The van der Waals surface area contributed by atoms with Crippen LogP contribution in [0.3, 0.4) is 0 Å². The van der Waals surface area contributed by atoms with Gasteiger partial charge in [-0.25, -0.2) is 0 Å². The molecule has 0 bridgehead atoms. The average molecular weight is 1000 g/mol. The zero-order valence-corrected chi connectivity index (χ0v) is 47.2. The van der Waals surface area contributed by atoms with Crippen molar-refractivity contribution in [2.45, 2.75) is 290 Å². The van der Waals surface area contributed by atoms with Crippen molar-refractivity contribution < 1.29 is 24.2 Å². The lowest BCUT2D eigenvalue weighted by Crippen LogP contribution is -2.28. The summed E-state index contributed by atoms with van der Waals surface area (Å²) in [5.74, 6) is -0.625. The van der Waals surface area contributed by atoms with Gasteiger partial charge in [-0.05, 0) is 83.5 Å². The van der Waals surface area contributed by atoms with E-state index in [0.717, 1.165) is 103 Å². The number of carbonyl (C=O) groups excluding carboxylic acids is 2. The Morgan fingerprint density at radius 1 is 0.333 bits per heavy atom. The minimum atomic E-state index is -0.797. The smallest absolute Gasteiger partial charge is 0.306 e. The molecule has 1 N–H and O–H groups in total. The molecule has 72 heavy (non-hydrogen) atoms. The molecule has 0 saturated carbocycles. The van der Waals surface area contributed by atoms with Crippen LogP contribution >= 0.6 is 0 Å². The Hall–Kier alpha value is -3.44. The zero-order chi connectivity index (χ0) is 52.0. The molecule has 0 aromatic carbocycles. The maximum absolute atomic E-state index is 12.3. The summed E-state index contributed by atoms with van der Waals surface area (Å²) in [5, 5.41) is 9.66. The van der Waals surface area contributed by atoms with E-state index in [1.54, 1.807) is 0 Å². The van der Waals surface area contributed by atoms with Crippen LogP contribution in [0.25, 0.3) is 0 Å². The first kappa shape index (κ1) is 68.6. The quantitative estimate of drug-likeness (QED) is 0.0373. The number of hydrogen-bond acceptors (Lipinski definition) is 5. The fraction of sp³-hybridized carbons (Fsp3) is 0.701. The van der Waals surface area contributed by atoms with Crippen molar-refractivity contribution in [1.29, 1.82) is 0 Å².